The minimum Gasteiger partial charge on any atom is -0.327 e. The highest BCUT2D eigenvalue weighted by Crippen LogP contribution is 2.24. The van der Waals surface area contributed by atoms with Crippen molar-refractivity contribution in [2.75, 3.05) is 0 Å². The Labute approximate surface area is 121 Å². The number of benzene rings is 1. The molecule has 2 unspecified atom stereocenters. The average molecular weight is 286 g/mol. The van der Waals surface area contributed by atoms with Crippen LogP contribution >= 0.6 is 11.6 Å². The van der Waals surface area contributed by atoms with Crippen molar-refractivity contribution in [2.24, 2.45) is 11.7 Å². The van der Waals surface area contributed by atoms with Crippen LogP contribution in [0.2, 0.25) is 5.02 Å². The van der Waals surface area contributed by atoms with E-state index in [4.69, 9.17) is 17.3 Å². The summed E-state index contributed by atoms with van der Waals surface area (Å²) in [5.41, 5.74) is 6.72. The van der Waals surface area contributed by atoms with Crippen LogP contribution in [0.15, 0.2) is 18.2 Å². The first-order chi connectivity index (χ1) is 9.08. The summed E-state index contributed by atoms with van der Waals surface area (Å²) in [7, 11) is 0. The maximum Gasteiger partial charge on any atom is 0.127 e. The van der Waals surface area contributed by atoms with Crippen LogP contribution in [-0.4, -0.2) is 6.04 Å². The molecule has 0 aliphatic heterocycles. The van der Waals surface area contributed by atoms with E-state index in [9.17, 15) is 4.39 Å². The first-order valence-corrected chi connectivity index (χ1v) is 7.64. The van der Waals surface area contributed by atoms with E-state index in [0.29, 0.717) is 22.9 Å². The highest BCUT2D eigenvalue weighted by molar-refractivity contribution is 6.31. The molecule has 0 radical (unpaired) electrons. The summed E-state index contributed by atoms with van der Waals surface area (Å²) in [4.78, 5) is 0. The summed E-state index contributed by atoms with van der Waals surface area (Å²) in [5, 5.41) is 0.483. The molecule has 1 aromatic carbocycles. The molecule has 108 valence electrons. The second kappa shape index (κ2) is 8.55. The van der Waals surface area contributed by atoms with Gasteiger partial charge in [-0.05, 0) is 30.9 Å². The maximum absolute atomic E-state index is 13.7. The Bertz CT molecular complexity index is 361. The van der Waals surface area contributed by atoms with Crippen molar-refractivity contribution in [1.82, 2.24) is 0 Å². The lowest BCUT2D eigenvalue weighted by Gasteiger charge is -2.20. The summed E-state index contributed by atoms with van der Waals surface area (Å²) < 4.78 is 13.7. The summed E-state index contributed by atoms with van der Waals surface area (Å²) in [6, 6.07) is 4.78. The number of unbranched alkanes of at least 4 members (excludes halogenated alkanes) is 1. The van der Waals surface area contributed by atoms with E-state index in [-0.39, 0.29) is 11.9 Å². The molecule has 2 atom stereocenters. The van der Waals surface area contributed by atoms with E-state index in [1.54, 1.807) is 12.1 Å². The van der Waals surface area contributed by atoms with Gasteiger partial charge in [0.05, 0.1) is 0 Å². The van der Waals surface area contributed by atoms with Gasteiger partial charge >= 0.3 is 0 Å². The lowest BCUT2D eigenvalue weighted by atomic mass is 9.90. The van der Waals surface area contributed by atoms with Crippen LogP contribution in [0.5, 0.6) is 0 Å². The Balaban J connectivity index is 2.56. The second-order valence-electron chi connectivity index (χ2n) is 5.32. The predicted molar refractivity (Wildman–Crippen MR) is 81.0 cm³/mol. The molecule has 1 nitrogen and oxygen atoms in total. The second-order valence-corrected chi connectivity index (χ2v) is 5.72. The molecule has 0 bridgehead atoms. The fourth-order valence-electron chi connectivity index (χ4n) is 2.48. The average Bonchev–Trinajstić information content (AvgIpc) is 2.39. The van der Waals surface area contributed by atoms with Crippen LogP contribution in [0.3, 0.4) is 0 Å². The first kappa shape index (κ1) is 16.5. The number of halogens is 2. The zero-order valence-corrected chi connectivity index (χ0v) is 12.7. The smallest absolute Gasteiger partial charge is 0.127 e. The van der Waals surface area contributed by atoms with Crippen LogP contribution in [0.25, 0.3) is 0 Å². The zero-order chi connectivity index (χ0) is 14.3. The lowest BCUT2D eigenvalue weighted by Crippen LogP contribution is -2.26. The number of nitrogens with two attached hydrogens (primary N) is 1. The monoisotopic (exact) mass is 285 g/mol. The topological polar surface area (TPSA) is 26.0 Å². The molecule has 1 rings (SSSR count). The van der Waals surface area contributed by atoms with Crippen molar-refractivity contribution in [3.05, 3.63) is 34.6 Å². The van der Waals surface area contributed by atoms with Crippen LogP contribution in [-0.2, 0) is 6.42 Å². The molecule has 0 spiro atoms. The van der Waals surface area contributed by atoms with Crippen molar-refractivity contribution >= 4 is 11.6 Å². The third kappa shape index (κ3) is 5.50. The first-order valence-electron chi connectivity index (χ1n) is 7.26. The van der Waals surface area contributed by atoms with E-state index >= 15 is 0 Å². The quantitative estimate of drug-likeness (QED) is 0.718. The fourth-order valence-corrected chi connectivity index (χ4v) is 2.72. The minimum atomic E-state index is -0.246. The van der Waals surface area contributed by atoms with Crippen LogP contribution in [0.4, 0.5) is 4.39 Å². The molecule has 0 saturated carbocycles. The number of hydrogen-bond acceptors (Lipinski definition) is 1. The summed E-state index contributed by atoms with van der Waals surface area (Å²) in [5.74, 6) is 0.394. The molecular formula is C16H25ClFN. The number of rotatable bonds is 8. The van der Waals surface area contributed by atoms with Crippen LogP contribution < -0.4 is 5.73 Å². The van der Waals surface area contributed by atoms with E-state index in [1.807, 2.05) is 0 Å². The van der Waals surface area contributed by atoms with Gasteiger partial charge in [0.25, 0.3) is 0 Å². The van der Waals surface area contributed by atoms with Crippen LogP contribution in [0.1, 0.15) is 51.5 Å². The SMILES string of the molecule is CCCCC(CC)CC(N)Cc1c(F)cccc1Cl. The van der Waals surface area contributed by atoms with E-state index in [0.717, 1.165) is 12.8 Å². The molecule has 0 aliphatic carbocycles. The van der Waals surface area contributed by atoms with Gasteiger partial charge in [-0.25, -0.2) is 4.39 Å². The van der Waals surface area contributed by atoms with E-state index in [1.165, 1.54) is 25.3 Å². The van der Waals surface area contributed by atoms with Crippen molar-refractivity contribution in [1.29, 1.82) is 0 Å². The van der Waals surface area contributed by atoms with Gasteiger partial charge in [-0.2, -0.15) is 0 Å². The Morgan fingerprint density at radius 3 is 2.63 bits per heavy atom. The molecular weight excluding hydrogens is 261 g/mol. The van der Waals surface area contributed by atoms with Crippen molar-refractivity contribution < 1.29 is 4.39 Å². The van der Waals surface area contributed by atoms with Gasteiger partial charge in [0.1, 0.15) is 5.82 Å². The molecule has 0 fully saturated rings. The molecule has 2 N–H and O–H groups in total. The highest BCUT2D eigenvalue weighted by atomic mass is 35.5. The van der Waals surface area contributed by atoms with Gasteiger partial charge in [0.15, 0.2) is 0 Å². The summed E-state index contributed by atoms with van der Waals surface area (Å²) in [6.07, 6.45) is 6.27. The van der Waals surface area contributed by atoms with Crippen molar-refractivity contribution in [3.63, 3.8) is 0 Å². The van der Waals surface area contributed by atoms with E-state index < -0.39 is 0 Å². The molecule has 0 amide bonds. The zero-order valence-electron chi connectivity index (χ0n) is 12.0. The van der Waals surface area contributed by atoms with Gasteiger partial charge in [-0.15, -0.1) is 0 Å². The Kier molecular flexibility index (Phi) is 7.40. The van der Waals surface area contributed by atoms with Crippen LogP contribution in [0, 0.1) is 11.7 Å². The Morgan fingerprint density at radius 1 is 1.32 bits per heavy atom. The van der Waals surface area contributed by atoms with Gasteiger partial charge in [0.2, 0.25) is 0 Å². The third-order valence-corrected chi connectivity index (χ3v) is 4.06. The highest BCUT2D eigenvalue weighted by Gasteiger charge is 2.15. The largest absolute Gasteiger partial charge is 0.327 e. The van der Waals surface area contributed by atoms with Gasteiger partial charge in [0, 0.05) is 16.6 Å². The molecule has 3 heteroatoms. The molecule has 0 aliphatic rings. The Hall–Kier alpha value is -0.600. The van der Waals surface area contributed by atoms with Gasteiger partial charge < -0.3 is 5.73 Å². The summed E-state index contributed by atoms with van der Waals surface area (Å²) in [6.45, 7) is 4.40. The number of hydrogen-bond donors (Lipinski definition) is 1. The van der Waals surface area contributed by atoms with Crippen molar-refractivity contribution in [3.8, 4) is 0 Å². The summed E-state index contributed by atoms with van der Waals surface area (Å²) >= 11 is 6.03. The van der Waals surface area contributed by atoms with Gasteiger partial charge in [-0.1, -0.05) is 57.2 Å². The van der Waals surface area contributed by atoms with E-state index in [2.05, 4.69) is 13.8 Å². The predicted octanol–water partition coefficient (Wildman–Crippen LogP) is 4.96. The fraction of sp³-hybridized carbons (Fsp3) is 0.625. The lowest BCUT2D eigenvalue weighted by molar-refractivity contribution is 0.381. The molecule has 0 saturated heterocycles. The molecule has 1 aromatic rings. The minimum absolute atomic E-state index is 0.0174. The third-order valence-electron chi connectivity index (χ3n) is 3.71. The molecule has 0 heterocycles. The molecule has 0 aromatic heterocycles. The normalized spacial score (nSPS) is 14.4. The van der Waals surface area contributed by atoms with Gasteiger partial charge in [-0.3, -0.25) is 0 Å². The maximum atomic E-state index is 13.7. The van der Waals surface area contributed by atoms with Crippen molar-refractivity contribution in [2.45, 2.75) is 58.4 Å². The Morgan fingerprint density at radius 2 is 2.05 bits per heavy atom. The molecule has 19 heavy (non-hydrogen) atoms. The standard InChI is InChI=1S/C16H25ClFN/c1-3-5-7-12(4-2)10-13(19)11-14-15(17)8-6-9-16(14)18/h6,8-9,12-13H,3-5,7,10-11,19H2,1-2H3.